The monoisotopic (exact) mass is 306 g/mol. The Morgan fingerprint density at radius 2 is 2.38 bits per heavy atom. The van der Waals surface area contributed by atoms with Crippen LogP contribution in [0.3, 0.4) is 0 Å². The van der Waals surface area contributed by atoms with Crippen molar-refractivity contribution >= 4 is 39.1 Å². The zero-order valence-corrected chi connectivity index (χ0v) is 11.0. The number of carbonyl (C=O) groups excluding carboxylic acids is 1. The highest BCUT2D eigenvalue weighted by Gasteiger charge is 2.15. The Kier molecular flexibility index (Phi) is 5.21. The molecule has 4 nitrogen and oxygen atoms in total. The van der Waals surface area contributed by atoms with E-state index in [1.807, 2.05) is 0 Å². The van der Waals surface area contributed by atoms with Gasteiger partial charge in [-0.05, 0) is 34.1 Å². The number of hydrogen-bond acceptors (Lipinski definition) is 3. The Balaban J connectivity index is 2.73. The van der Waals surface area contributed by atoms with Gasteiger partial charge in [-0.3, -0.25) is 4.79 Å². The molecule has 3 N–H and O–H groups in total. The number of ether oxygens (including phenoxy) is 1. The van der Waals surface area contributed by atoms with Crippen LogP contribution >= 0.6 is 27.5 Å². The summed E-state index contributed by atoms with van der Waals surface area (Å²) >= 11 is 9.10. The number of hydrogen-bond donors (Lipinski definition) is 2. The van der Waals surface area contributed by atoms with Gasteiger partial charge >= 0.3 is 0 Å². The number of rotatable bonds is 4. The lowest BCUT2D eigenvalue weighted by atomic mass is 10.3. The lowest BCUT2D eigenvalue weighted by Crippen LogP contribution is -2.35. The van der Waals surface area contributed by atoms with Crippen molar-refractivity contribution in [2.24, 2.45) is 5.73 Å². The van der Waals surface area contributed by atoms with Crippen molar-refractivity contribution in [3.63, 3.8) is 0 Å². The van der Waals surface area contributed by atoms with Gasteiger partial charge in [-0.1, -0.05) is 11.6 Å². The largest absolute Gasteiger partial charge is 0.370 e. The van der Waals surface area contributed by atoms with Crippen molar-refractivity contribution in [3.8, 4) is 0 Å². The van der Waals surface area contributed by atoms with E-state index in [0.717, 1.165) is 0 Å². The summed E-state index contributed by atoms with van der Waals surface area (Å²) in [4.78, 5) is 11.6. The Labute approximate surface area is 107 Å². The number of benzene rings is 1. The first-order valence-electron chi connectivity index (χ1n) is 4.57. The van der Waals surface area contributed by atoms with Crippen LogP contribution in [-0.4, -0.2) is 25.7 Å². The maximum atomic E-state index is 11.6. The van der Waals surface area contributed by atoms with Gasteiger partial charge in [0.25, 0.3) is 5.91 Å². The average molecular weight is 308 g/mol. The predicted molar refractivity (Wildman–Crippen MR) is 67.6 cm³/mol. The fraction of sp³-hybridized carbons (Fsp3) is 0.300. The van der Waals surface area contributed by atoms with Crippen LogP contribution in [0.1, 0.15) is 0 Å². The molecule has 1 amide bonds. The molecule has 1 unspecified atom stereocenters. The molecule has 0 saturated heterocycles. The van der Waals surface area contributed by atoms with Gasteiger partial charge < -0.3 is 15.8 Å². The summed E-state index contributed by atoms with van der Waals surface area (Å²) in [5, 5.41) is 3.26. The number of nitrogens with two attached hydrogens (primary N) is 1. The molecule has 0 saturated carbocycles. The highest BCUT2D eigenvalue weighted by Crippen LogP contribution is 2.25. The zero-order chi connectivity index (χ0) is 12.1. The molecule has 0 aliphatic heterocycles. The molecule has 0 aliphatic rings. The molecule has 88 valence electrons. The number of methoxy groups -OCH3 is 1. The first-order chi connectivity index (χ1) is 7.58. The summed E-state index contributed by atoms with van der Waals surface area (Å²) in [6, 6.07) is 5.10. The van der Waals surface area contributed by atoms with Crippen molar-refractivity contribution in [2.45, 2.75) is 6.10 Å². The molecule has 1 rings (SSSR count). The molecular weight excluding hydrogens is 295 g/mol. The van der Waals surface area contributed by atoms with Crippen molar-refractivity contribution in [2.75, 3.05) is 19.0 Å². The number of halogens is 2. The first kappa shape index (κ1) is 13.4. The first-order valence-corrected chi connectivity index (χ1v) is 5.74. The fourth-order valence-corrected chi connectivity index (χ4v) is 1.60. The Morgan fingerprint density at radius 1 is 1.69 bits per heavy atom. The van der Waals surface area contributed by atoms with E-state index in [9.17, 15) is 4.79 Å². The molecular formula is C10H12BrClN2O2. The van der Waals surface area contributed by atoms with E-state index in [4.69, 9.17) is 22.1 Å². The standard InChI is InChI=1S/C10H12BrClN2O2/c1-16-9(5-13)10(15)14-6-2-3-8(12)7(11)4-6/h2-4,9H,5,13H2,1H3,(H,14,15). The summed E-state index contributed by atoms with van der Waals surface area (Å²) in [5.74, 6) is -0.278. The van der Waals surface area contributed by atoms with Gasteiger partial charge in [-0.25, -0.2) is 0 Å². The van der Waals surface area contributed by atoms with Crippen LogP contribution in [0, 0.1) is 0 Å². The molecule has 16 heavy (non-hydrogen) atoms. The van der Waals surface area contributed by atoms with Crippen LogP contribution in [0.25, 0.3) is 0 Å². The van der Waals surface area contributed by atoms with Gasteiger partial charge in [0, 0.05) is 23.8 Å². The highest BCUT2D eigenvalue weighted by molar-refractivity contribution is 9.10. The Bertz CT molecular complexity index is 383. The van der Waals surface area contributed by atoms with E-state index in [1.54, 1.807) is 18.2 Å². The van der Waals surface area contributed by atoms with Gasteiger partial charge in [-0.15, -0.1) is 0 Å². The Hall–Kier alpha value is -0.620. The van der Waals surface area contributed by atoms with Crippen LogP contribution in [0.2, 0.25) is 5.02 Å². The van der Waals surface area contributed by atoms with Gasteiger partial charge in [0.05, 0.1) is 5.02 Å². The SMILES string of the molecule is COC(CN)C(=O)Nc1ccc(Cl)c(Br)c1. The molecule has 1 aromatic carbocycles. The predicted octanol–water partition coefficient (Wildman–Crippen LogP) is 2.01. The summed E-state index contributed by atoms with van der Waals surface area (Å²) in [6.45, 7) is 0.136. The third-order valence-corrected chi connectivity index (χ3v) is 3.19. The third kappa shape index (κ3) is 3.45. The second-order valence-corrected chi connectivity index (χ2v) is 4.34. The minimum absolute atomic E-state index is 0.136. The molecule has 1 aromatic rings. The maximum Gasteiger partial charge on any atom is 0.254 e. The van der Waals surface area contributed by atoms with Gasteiger partial charge in [0.15, 0.2) is 0 Å². The van der Waals surface area contributed by atoms with Crippen molar-refractivity contribution in [1.82, 2.24) is 0 Å². The van der Waals surface area contributed by atoms with Gasteiger partial charge in [0.2, 0.25) is 0 Å². The summed E-state index contributed by atoms with van der Waals surface area (Å²) < 4.78 is 5.63. The van der Waals surface area contributed by atoms with Crippen LogP contribution in [0.15, 0.2) is 22.7 Å². The molecule has 0 aromatic heterocycles. The van der Waals surface area contributed by atoms with Crippen molar-refractivity contribution in [3.05, 3.63) is 27.7 Å². The van der Waals surface area contributed by atoms with Gasteiger partial charge in [-0.2, -0.15) is 0 Å². The lowest BCUT2D eigenvalue weighted by molar-refractivity contribution is -0.125. The minimum atomic E-state index is -0.644. The molecule has 0 heterocycles. The van der Waals surface area contributed by atoms with E-state index in [2.05, 4.69) is 21.2 Å². The number of carbonyl (C=O) groups is 1. The number of anilines is 1. The lowest BCUT2D eigenvalue weighted by Gasteiger charge is -2.13. The quantitative estimate of drug-likeness (QED) is 0.894. The Morgan fingerprint density at radius 3 is 2.88 bits per heavy atom. The molecule has 6 heteroatoms. The summed E-state index contributed by atoms with van der Waals surface area (Å²) in [6.07, 6.45) is -0.644. The van der Waals surface area contributed by atoms with E-state index in [1.165, 1.54) is 7.11 Å². The molecule has 0 radical (unpaired) electrons. The molecule has 0 bridgehead atoms. The minimum Gasteiger partial charge on any atom is -0.370 e. The zero-order valence-electron chi connectivity index (χ0n) is 8.67. The van der Waals surface area contributed by atoms with E-state index in [0.29, 0.717) is 15.2 Å². The van der Waals surface area contributed by atoms with Crippen LogP contribution in [0.5, 0.6) is 0 Å². The fourth-order valence-electron chi connectivity index (χ4n) is 1.11. The van der Waals surface area contributed by atoms with Crippen molar-refractivity contribution in [1.29, 1.82) is 0 Å². The van der Waals surface area contributed by atoms with E-state index >= 15 is 0 Å². The topological polar surface area (TPSA) is 64.3 Å². The van der Waals surface area contributed by atoms with Crippen LogP contribution in [-0.2, 0) is 9.53 Å². The van der Waals surface area contributed by atoms with E-state index < -0.39 is 6.10 Å². The third-order valence-electron chi connectivity index (χ3n) is 1.98. The van der Waals surface area contributed by atoms with Crippen LogP contribution in [0.4, 0.5) is 5.69 Å². The second-order valence-electron chi connectivity index (χ2n) is 3.08. The normalized spacial score (nSPS) is 12.2. The highest BCUT2D eigenvalue weighted by atomic mass is 79.9. The second kappa shape index (κ2) is 6.20. The molecule has 0 spiro atoms. The van der Waals surface area contributed by atoms with E-state index in [-0.39, 0.29) is 12.5 Å². The van der Waals surface area contributed by atoms with Crippen molar-refractivity contribution < 1.29 is 9.53 Å². The summed E-state index contributed by atoms with van der Waals surface area (Å²) in [7, 11) is 1.44. The smallest absolute Gasteiger partial charge is 0.254 e. The van der Waals surface area contributed by atoms with Crippen LogP contribution < -0.4 is 11.1 Å². The molecule has 0 aliphatic carbocycles. The summed E-state index contributed by atoms with van der Waals surface area (Å²) in [5.41, 5.74) is 6.01. The molecule has 1 atom stereocenters. The number of amides is 1. The van der Waals surface area contributed by atoms with Gasteiger partial charge in [0.1, 0.15) is 6.10 Å². The maximum absolute atomic E-state index is 11.6. The molecule has 0 fully saturated rings. The number of nitrogens with one attached hydrogen (secondary N) is 1. The average Bonchev–Trinajstić information content (AvgIpc) is 2.25.